The number of amides is 2. The minimum absolute atomic E-state index is 0.0682. The Balaban J connectivity index is 1.54. The minimum Gasteiger partial charge on any atom is -0.492 e. The number of hydrogen-bond donors (Lipinski definition) is 2. The fraction of sp³-hybridized carbons (Fsp3) is 0.579. The van der Waals surface area contributed by atoms with Crippen molar-refractivity contribution in [1.82, 2.24) is 15.5 Å². The molecule has 0 aliphatic carbocycles. The first kappa shape index (κ1) is 17.7. The molecular weight excluding hydrogens is 318 g/mol. The third-order valence-electron chi connectivity index (χ3n) is 5.13. The molecule has 2 aliphatic rings. The molecule has 0 unspecified atom stereocenters. The number of likely N-dealkylation sites (tertiary alicyclic amines) is 1. The predicted molar refractivity (Wildman–Crippen MR) is 95.7 cm³/mol. The van der Waals surface area contributed by atoms with Crippen LogP contribution in [0.1, 0.15) is 36.5 Å². The number of carbonyl (C=O) groups is 2. The lowest BCUT2D eigenvalue weighted by atomic mass is 9.79. The Morgan fingerprint density at radius 3 is 2.76 bits per heavy atom. The highest BCUT2D eigenvalue weighted by atomic mass is 16.5. The van der Waals surface area contributed by atoms with Crippen molar-refractivity contribution in [3.63, 3.8) is 0 Å². The second-order valence-electron chi connectivity index (χ2n) is 7.11. The van der Waals surface area contributed by atoms with E-state index in [2.05, 4.69) is 10.6 Å². The Morgan fingerprint density at radius 1 is 1.28 bits per heavy atom. The summed E-state index contributed by atoms with van der Waals surface area (Å²) in [6.07, 6.45) is 3.46. The molecule has 0 saturated carbocycles. The minimum atomic E-state index is -0.0682. The largest absolute Gasteiger partial charge is 0.492 e. The second-order valence-corrected chi connectivity index (χ2v) is 7.11. The van der Waals surface area contributed by atoms with Gasteiger partial charge in [0.1, 0.15) is 12.4 Å². The van der Waals surface area contributed by atoms with Crippen molar-refractivity contribution < 1.29 is 14.3 Å². The van der Waals surface area contributed by atoms with Crippen LogP contribution in [0.2, 0.25) is 0 Å². The van der Waals surface area contributed by atoms with Crippen molar-refractivity contribution in [3.05, 3.63) is 29.8 Å². The molecule has 2 aliphatic heterocycles. The zero-order valence-corrected chi connectivity index (χ0v) is 14.8. The first-order valence-electron chi connectivity index (χ1n) is 9.05. The Bertz CT molecular complexity index is 609. The fourth-order valence-corrected chi connectivity index (χ4v) is 3.80. The standard InChI is InChI=1S/C19H27N3O3/c1-15(23)21-10-12-25-17-5-3-16(4-6-17)18(24)22-11-2-7-19(14-22)8-9-20-13-19/h3-6,20H,2,7-14H2,1H3,(H,21,23)/t19-/m0/s1. The number of nitrogens with one attached hydrogen (secondary N) is 2. The summed E-state index contributed by atoms with van der Waals surface area (Å²) in [5, 5.41) is 6.12. The first-order valence-corrected chi connectivity index (χ1v) is 9.05. The predicted octanol–water partition coefficient (Wildman–Crippen LogP) is 1.42. The average molecular weight is 345 g/mol. The van der Waals surface area contributed by atoms with Gasteiger partial charge in [0.05, 0.1) is 6.54 Å². The van der Waals surface area contributed by atoms with E-state index in [1.165, 1.54) is 13.3 Å². The molecule has 6 nitrogen and oxygen atoms in total. The third-order valence-corrected chi connectivity index (χ3v) is 5.13. The highest BCUT2D eigenvalue weighted by Crippen LogP contribution is 2.36. The van der Waals surface area contributed by atoms with Crippen LogP contribution in [-0.2, 0) is 4.79 Å². The Hall–Kier alpha value is -2.08. The maximum atomic E-state index is 12.8. The van der Waals surface area contributed by atoms with Crippen molar-refractivity contribution >= 4 is 11.8 Å². The van der Waals surface area contributed by atoms with Gasteiger partial charge in [-0.1, -0.05) is 0 Å². The van der Waals surface area contributed by atoms with Gasteiger partial charge in [-0.25, -0.2) is 0 Å². The molecule has 2 fully saturated rings. The maximum Gasteiger partial charge on any atom is 0.253 e. The molecule has 2 heterocycles. The molecule has 1 aromatic rings. The van der Waals surface area contributed by atoms with Crippen LogP contribution in [-0.4, -0.2) is 56.0 Å². The normalized spacial score (nSPS) is 22.8. The summed E-state index contributed by atoms with van der Waals surface area (Å²) in [7, 11) is 0. The molecule has 2 N–H and O–H groups in total. The zero-order valence-electron chi connectivity index (χ0n) is 14.8. The van der Waals surface area contributed by atoms with Gasteiger partial charge in [0, 0.05) is 37.5 Å². The lowest BCUT2D eigenvalue weighted by Gasteiger charge is -2.40. The van der Waals surface area contributed by atoms with Crippen LogP contribution in [0.4, 0.5) is 0 Å². The van der Waals surface area contributed by atoms with Gasteiger partial charge in [0.2, 0.25) is 5.91 Å². The van der Waals surface area contributed by atoms with Gasteiger partial charge in [-0.15, -0.1) is 0 Å². The molecule has 6 heteroatoms. The third kappa shape index (κ3) is 4.51. The van der Waals surface area contributed by atoms with Crippen LogP contribution >= 0.6 is 0 Å². The van der Waals surface area contributed by atoms with Gasteiger partial charge >= 0.3 is 0 Å². The number of rotatable bonds is 5. The lowest BCUT2D eigenvalue weighted by Crippen LogP contribution is -2.47. The van der Waals surface area contributed by atoms with Crippen LogP contribution in [0.15, 0.2) is 24.3 Å². The monoisotopic (exact) mass is 345 g/mol. The smallest absolute Gasteiger partial charge is 0.253 e. The number of ether oxygens (including phenoxy) is 1. The van der Waals surface area contributed by atoms with Crippen LogP contribution in [0.5, 0.6) is 5.75 Å². The maximum absolute atomic E-state index is 12.8. The quantitative estimate of drug-likeness (QED) is 0.792. The number of benzene rings is 1. The first-order chi connectivity index (χ1) is 12.1. The van der Waals surface area contributed by atoms with E-state index in [0.29, 0.717) is 24.5 Å². The van der Waals surface area contributed by atoms with Gasteiger partial charge in [0.15, 0.2) is 0 Å². The van der Waals surface area contributed by atoms with Crippen molar-refractivity contribution in [2.45, 2.75) is 26.2 Å². The summed E-state index contributed by atoms with van der Waals surface area (Å²) in [4.78, 5) is 25.6. The van der Waals surface area contributed by atoms with E-state index in [-0.39, 0.29) is 17.2 Å². The summed E-state index contributed by atoms with van der Waals surface area (Å²) in [6, 6.07) is 7.28. The second kappa shape index (κ2) is 7.87. The fourth-order valence-electron chi connectivity index (χ4n) is 3.80. The van der Waals surface area contributed by atoms with E-state index in [4.69, 9.17) is 4.74 Å². The van der Waals surface area contributed by atoms with Gasteiger partial charge in [0.25, 0.3) is 5.91 Å². The molecule has 1 spiro atoms. The van der Waals surface area contributed by atoms with E-state index >= 15 is 0 Å². The average Bonchev–Trinajstić information content (AvgIpc) is 3.06. The van der Waals surface area contributed by atoms with Crippen LogP contribution in [0, 0.1) is 5.41 Å². The Morgan fingerprint density at radius 2 is 2.08 bits per heavy atom. The topological polar surface area (TPSA) is 70.7 Å². The van der Waals surface area contributed by atoms with Crippen LogP contribution in [0.3, 0.4) is 0 Å². The van der Waals surface area contributed by atoms with Crippen molar-refractivity contribution in [1.29, 1.82) is 0 Å². The van der Waals surface area contributed by atoms with Crippen molar-refractivity contribution in [3.8, 4) is 5.75 Å². The number of hydrogen-bond acceptors (Lipinski definition) is 4. The lowest BCUT2D eigenvalue weighted by molar-refractivity contribution is -0.119. The molecule has 2 saturated heterocycles. The Labute approximate surface area is 148 Å². The highest BCUT2D eigenvalue weighted by Gasteiger charge is 2.39. The SMILES string of the molecule is CC(=O)NCCOc1ccc(C(=O)N2CCC[C@@]3(CCNC3)C2)cc1. The molecule has 3 rings (SSSR count). The summed E-state index contributed by atoms with van der Waals surface area (Å²) < 4.78 is 5.56. The zero-order chi connectivity index (χ0) is 17.7. The molecule has 0 bridgehead atoms. The van der Waals surface area contributed by atoms with Gasteiger partial charge < -0.3 is 20.3 Å². The Kier molecular flexibility index (Phi) is 5.58. The molecule has 0 aromatic heterocycles. The van der Waals surface area contributed by atoms with E-state index in [0.717, 1.165) is 39.0 Å². The van der Waals surface area contributed by atoms with E-state index in [9.17, 15) is 9.59 Å². The number of carbonyl (C=O) groups excluding carboxylic acids is 2. The molecule has 0 radical (unpaired) electrons. The van der Waals surface area contributed by atoms with Gasteiger partial charge in [-0.05, 0) is 50.1 Å². The van der Waals surface area contributed by atoms with Crippen molar-refractivity contribution in [2.75, 3.05) is 39.3 Å². The summed E-state index contributed by atoms with van der Waals surface area (Å²) in [5.41, 5.74) is 0.984. The molecule has 1 atom stereocenters. The van der Waals surface area contributed by atoms with Gasteiger partial charge in [-0.2, -0.15) is 0 Å². The van der Waals surface area contributed by atoms with Gasteiger partial charge in [-0.3, -0.25) is 9.59 Å². The van der Waals surface area contributed by atoms with E-state index < -0.39 is 0 Å². The number of piperidine rings is 1. The summed E-state index contributed by atoms with van der Waals surface area (Å²) >= 11 is 0. The molecule has 136 valence electrons. The number of nitrogens with zero attached hydrogens (tertiary/aromatic N) is 1. The molecule has 25 heavy (non-hydrogen) atoms. The molecular formula is C19H27N3O3. The summed E-state index contributed by atoms with van der Waals surface area (Å²) in [6.45, 7) is 6.15. The van der Waals surface area contributed by atoms with Crippen molar-refractivity contribution in [2.24, 2.45) is 5.41 Å². The molecule has 2 amide bonds. The van der Waals surface area contributed by atoms with Crippen LogP contribution < -0.4 is 15.4 Å². The molecule has 1 aromatic carbocycles. The summed E-state index contributed by atoms with van der Waals surface area (Å²) in [5.74, 6) is 0.745. The van der Waals surface area contributed by atoms with E-state index in [1.807, 2.05) is 29.2 Å². The van der Waals surface area contributed by atoms with E-state index in [1.54, 1.807) is 0 Å². The highest BCUT2D eigenvalue weighted by molar-refractivity contribution is 5.94. The van der Waals surface area contributed by atoms with Crippen LogP contribution in [0.25, 0.3) is 0 Å².